The molecule has 1 aliphatic heterocycles. The maximum absolute atomic E-state index is 13.1. The molecule has 0 radical (unpaired) electrons. The third kappa shape index (κ3) is 5.57. The van der Waals surface area contributed by atoms with E-state index in [0.29, 0.717) is 25.1 Å². The second-order valence-electron chi connectivity index (χ2n) is 7.18. The summed E-state index contributed by atoms with van der Waals surface area (Å²) in [6.07, 6.45) is 2.62. The molecule has 2 aromatic rings. The fourth-order valence-electron chi connectivity index (χ4n) is 3.67. The van der Waals surface area contributed by atoms with Gasteiger partial charge in [0.2, 0.25) is 5.91 Å². The number of aryl methyl sites for hydroxylation is 1. The number of carboxylic acid groups (broad SMARTS) is 1. The molecule has 0 saturated carbocycles. The van der Waals surface area contributed by atoms with Crippen molar-refractivity contribution < 1.29 is 24.2 Å². The first-order chi connectivity index (χ1) is 14.1. The SMILES string of the molecule is COc1ccccc1CN(CC1CCCO1)C(=O)CCc1ccccc1C(=O)O. The maximum atomic E-state index is 13.1. The van der Waals surface area contributed by atoms with Crippen molar-refractivity contribution in [3.8, 4) is 5.75 Å². The summed E-state index contributed by atoms with van der Waals surface area (Å²) < 4.78 is 11.2. The average Bonchev–Trinajstić information content (AvgIpc) is 3.25. The van der Waals surface area contributed by atoms with E-state index >= 15 is 0 Å². The molecule has 3 rings (SSSR count). The summed E-state index contributed by atoms with van der Waals surface area (Å²) in [7, 11) is 1.62. The van der Waals surface area contributed by atoms with Gasteiger partial charge in [0.1, 0.15) is 5.75 Å². The van der Waals surface area contributed by atoms with Gasteiger partial charge in [0.25, 0.3) is 0 Å². The van der Waals surface area contributed by atoms with Crippen LogP contribution < -0.4 is 4.74 Å². The molecule has 1 saturated heterocycles. The zero-order chi connectivity index (χ0) is 20.6. The molecule has 0 aliphatic carbocycles. The lowest BCUT2D eigenvalue weighted by Crippen LogP contribution is -2.37. The van der Waals surface area contributed by atoms with Gasteiger partial charge in [-0.15, -0.1) is 0 Å². The summed E-state index contributed by atoms with van der Waals surface area (Å²) in [4.78, 5) is 26.3. The molecule has 29 heavy (non-hydrogen) atoms. The predicted octanol–water partition coefficient (Wildman–Crippen LogP) is 3.53. The molecule has 6 nitrogen and oxygen atoms in total. The molecule has 6 heteroatoms. The van der Waals surface area contributed by atoms with E-state index in [1.54, 1.807) is 36.3 Å². The highest BCUT2D eigenvalue weighted by Crippen LogP contribution is 2.22. The lowest BCUT2D eigenvalue weighted by atomic mass is 10.0. The van der Waals surface area contributed by atoms with E-state index < -0.39 is 5.97 Å². The van der Waals surface area contributed by atoms with Crippen molar-refractivity contribution in [2.45, 2.75) is 38.3 Å². The molecule has 0 spiro atoms. The topological polar surface area (TPSA) is 76.1 Å². The predicted molar refractivity (Wildman–Crippen MR) is 109 cm³/mol. The molecular weight excluding hydrogens is 370 g/mol. The van der Waals surface area contributed by atoms with Crippen LogP contribution in [-0.4, -0.2) is 48.2 Å². The minimum Gasteiger partial charge on any atom is -0.496 e. The number of para-hydroxylation sites is 1. The van der Waals surface area contributed by atoms with Crippen LogP contribution in [0.4, 0.5) is 0 Å². The molecule has 0 aromatic heterocycles. The number of hydrogen-bond donors (Lipinski definition) is 1. The highest BCUT2D eigenvalue weighted by molar-refractivity contribution is 5.89. The second-order valence-corrected chi connectivity index (χ2v) is 7.18. The number of benzene rings is 2. The van der Waals surface area contributed by atoms with Crippen molar-refractivity contribution >= 4 is 11.9 Å². The van der Waals surface area contributed by atoms with Crippen molar-refractivity contribution in [2.24, 2.45) is 0 Å². The zero-order valence-electron chi connectivity index (χ0n) is 16.7. The van der Waals surface area contributed by atoms with Crippen LogP contribution in [0, 0.1) is 0 Å². The molecule has 1 amide bonds. The third-order valence-electron chi connectivity index (χ3n) is 5.21. The van der Waals surface area contributed by atoms with E-state index in [-0.39, 0.29) is 24.0 Å². The van der Waals surface area contributed by atoms with Gasteiger partial charge in [0.15, 0.2) is 0 Å². The van der Waals surface area contributed by atoms with Crippen LogP contribution in [0.3, 0.4) is 0 Å². The van der Waals surface area contributed by atoms with Crippen LogP contribution in [0.1, 0.15) is 40.7 Å². The zero-order valence-corrected chi connectivity index (χ0v) is 16.7. The molecule has 2 aromatic carbocycles. The van der Waals surface area contributed by atoms with E-state index in [2.05, 4.69) is 0 Å². The molecular formula is C23H27NO5. The number of methoxy groups -OCH3 is 1. The van der Waals surface area contributed by atoms with Crippen LogP contribution in [0.25, 0.3) is 0 Å². The highest BCUT2D eigenvalue weighted by Gasteiger charge is 2.24. The third-order valence-corrected chi connectivity index (χ3v) is 5.21. The molecule has 1 atom stereocenters. The van der Waals surface area contributed by atoms with E-state index in [9.17, 15) is 14.7 Å². The summed E-state index contributed by atoms with van der Waals surface area (Å²) in [6.45, 7) is 1.69. The summed E-state index contributed by atoms with van der Waals surface area (Å²) in [5.74, 6) is -0.251. The van der Waals surface area contributed by atoms with Crippen LogP contribution in [0.5, 0.6) is 5.75 Å². The largest absolute Gasteiger partial charge is 0.496 e. The Hall–Kier alpha value is -2.86. The second kappa shape index (κ2) is 10.1. The van der Waals surface area contributed by atoms with Crippen LogP contribution in [-0.2, 0) is 22.5 Å². The number of hydrogen-bond acceptors (Lipinski definition) is 4. The first-order valence-electron chi connectivity index (χ1n) is 9.91. The van der Waals surface area contributed by atoms with Gasteiger partial charge in [0, 0.05) is 31.7 Å². The number of carbonyl (C=O) groups is 2. The fourth-order valence-corrected chi connectivity index (χ4v) is 3.67. The van der Waals surface area contributed by atoms with Gasteiger partial charge in [-0.3, -0.25) is 4.79 Å². The standard InChI is InChI=1S/C23H27NO5/c1-28-21-11-5-3-8-18(21)15-24(16-19-9-6-14-29-19)22(25)13-12-17-7-2-4-10-20(17)23(26)27/h2-5,7-8,10-11,19H,6,9,12-16H2,1H3,(H,26,27). The van der Waals surface area contributed by atoms with Gasteiger partial charge in [-0.25, -0.2) is 4.79 Å². The van der Waals surface area contributed by atoms with E-state index in [0.717, 1.165) is 30.8 Å². The van der Waals surface area contributed by atoms with Crippen molar-refractivity contribution in [1.29, 1.82) is 0 Å². The Morgan fingerprint density at radius 1 is 1.14 bits per heavy atom. The Balaban J connectivity index is 1.72. The van der Waals surface area contributed by atoms with Crippen molar-refractivity contribution in [3.63, 3.8) is 0 Å². The Morgan fingerprint density at radius 2 is 1.86 bits per heavy atom. The van der Waals surface area contributed by atoms with E-state index in [1.807, 2.05) is 24.3 Å². The van der Waals surface area contributed by atoms with Crippen molar-refractivity contribution in [2.75, 3.05) is 20.3 Å². The molecule has 1 aliphatic rings. The molecule has 1 unspecified atom stereocenters. The fraction of sp³-hybridized carbons (Fsp3) is 0.391. The number of aromatic carboxylic acids is 1. The monoisotopic (exact) mass is 397 g/mol. The summed E-state index contributed by atoms with van der Waals surface area (Å²) >= 11 is 0. The number of ether oxygens (including phenoxy) is 2. The molecule has 1 fully saturated rings. The van der Waals surface area contributed by atoms with E-state index in [4.69, 9.17) is 9.47 Å². The molecule has 154 valence electrons. The first-order valence-corrected chi connectivity index (χ1v) is 9.91. The lowest BCUT2D eigenvalue weighted by molar-refractivity contribution is -0.133. The van der Waals surface area contributed by atoms with Crippen LogP contribution in [0.15, 0.2) is 48.5 Å². The Labute approximate surface area is 171 Å². The summed E-state index contributed by atoms with van der Waals surface area (Å²) in [6, 6.07) is 14.5. The summed E-state index contributed by atoms with van der Waals surface area (Å²) in [5.41, 5.74) is 1.85. The number of carboxylic acids is 1. The van der Waals surface area contributed by atoms with Gasteiger partial charge < -0.3 is 19.5 Å². The van der Waals surface area contributed by atoms with Gasteiger partial charge in [0.05, 0.1) is 18.8 Å². The number of nitrogens with zero attached hydrogens (tertiary/aromatic N) is 1. The van der Waals surface area contributed by atoms with Gasteiger partial charge in [-0.2, -0.15) is 0 Å². The molecule has 1 heterocycles. The van der Waals surface area contributed by atoms with Crippen LogP contribution in [0.2, 0.25) is 0 Å². The normalized spacial score (nSPS) is 15.8. The Kier molecular flexibility index (Phi) is 7.25. The highest BCUT2D eigenvalue weighted by atomic mass is 16.5. The lowest BCUT2D eigenvalue weighted by Gasteiger charge is -2.26. The minimum atomic E-state index is -0.974. The maximum Gasteiger partial charge on any atom is 0.335 e. The smallest absolute Gasteiger partial charge is 0.335 e. The Morgan fingerprint density at radius 3 is 2.55 bits per heavy atom. The van der Waals surface area contributed by atoms with Crippen LogP contribution >= 0.6 is 0 Å². The van der Waals surface area contributed by atoms with Gasteiger partial charge in [-0.05, 0) is 37.0 Å². The Bertz CT molecular complexity index is 845. The quantitative estimate of drug-likeness (QED) is 0.700. The number of amides is 1. The number of carbonyl (C=O) groups excluding carboxylic acids is 1. The molecule has 1 N–H and O–H groups in total. The first kappa shape index (κ1) is 20.9. The number of rotatable bonds is 9. The van der Waals surface area contributed by atoms with Crippen molar-refractivity contribution in [3.05, 3.63) is 65.2 Å². The van der Waals surface area contributed by atoms with Gasteiger partial charge in [-0.1, -0.05) is 36.4 Å². The van der Waals surface area contributed by atoms with E-state index in [1.165, 1.54) is 0 Å². The molecule has 0 bridgehead atoms. The van der Waals surface area contributed by atoms with Gasteiger partial charge >= 0.3 is 5.97 Å². The van der Waals surface area contributed by atoms with Crippen molar-refractivity contribution in [1.82, 2.24) is 4.90 Å². The summed E-state index contributed by atoms with van der Waals surface area (Å²) in [5, 5.41) is 9.36. The minimum absolute atomic E-state index is 0.0217. The average molecular weight is 397 g/mol.